The number of hydrogen-bond donors (Lipinski definition) is 2. The molecule has 2 aromatic heterocycles. The summed E-state index contributed by atoms with van der Waals surface area (Å²) in [4.78, 5) is 31.5. The minimum atomic E-state index is -0.389. The number of carbonyl (C=O) groups excluding carboxylic acids is 1. The maximum Gasteiger partial charge on any atom is 0.256 e. The molecule has 0 saturated carbocycles. The van der Waals surface area contributed by atoms with Crippen LogP contribution in [-0.2, 0) is 19.4 Å². The fourth-order valence-corrected chi connectivity index (χ4v) is 5.79. The van der Waals surface area contributed by atoms with Crippen molar-refractivity contribution in [3.8, 4) is 5.75 Å². The van der Waals surface area contributed by atoms with Gasteiger partial charge >= 0.3 is 0 Å². The number of carbonyl (C=O) groups is 1. The van der Waals surface area contributed by atoms with Crippen LogP contribution in [0, 0.1) is 0 Å². The highest BCUT2D eigenvalue weighted by atomic mass is 35.5. The summed E-state index contributed by atoms with van der Waals surface area (Å²) in [6.45, 7) is 1.38. The number of anilines is 1. The standard InChI is InChI=1S/C33H31ClN4O3/c1-41-23-13-10-21(11-14-23)19-38-20-27(32(39)26-7-3-5-9-30(26)38)33(40)36-17-16-35-31-24-6-2-4-8-28(24)37-29-18-22(34)12-15-25(29)31/h3,5,7,9-15,18,20H,2,4,6,8,16-17,19H2,1H3,(H,35,37)(H,36,40). The summed E-state index contributed by atoms with van der Waals surface area (Å²) in [7, 11) is 1.63. The van der Waals surface area contributed by atoms with E-state index < -0.39 is 0 Å². The molecule has 2 heterocycles. The Morgan fingerprint density at radius 2 is 1.80 bits per heavy atom. The Labute approximate surface area is 243 Å². The summed E-state index contributed by atoms with van der Waals surface area (Å²) in [6.07, 6.45) is 5.84. The second kappa shape index (κ2) is 11.6. The van der Waals surface area contributed by atoms with Gasteiger partial charge in [-0.15, -0.1) is 0 Å². The molecule has 6 rings (SSSR count). The van der Waals surface area contributed by atoms with Gasteiger partial charge in [0.15, 0.2) is 0 Å². The first kappa shape index (κ1) is 26.8. The maximum atomic E-state index is 13.3. The molecule has 0 aliphatic heterocycles. The van der Waals surface area contributed by atoms with E-state index in [1.807, 2.05) is 65.2 Å². The van der Waals surface area contributed by atoms with Gasteiger partial charge < -0.3 is 19.9 Å². The van der Waals surface area contributed by atoms with Crippen molar-refractivity contribution in [2.75, 3.05) is 25.5 Å². The summed E-state index contributed by atoms with van der Waals surface area (Å²) in [5.74, 6) is 0.385. The van der Waals surface area contributed by atoms with Crippen LogP contribution < -0.4 is 20.8 Å². The van der Waals surface area contributed by atoms with Crippen LogP contribution in [0.4, 0.5) is 5.69 Å². The highest BCUT2D eigenvalue weighted by molar-refractivity contribution is 6.31. The zero-order valence-corrected chi connectivity index (χ0v) is 23.6. The number of pyridine rings is 2. The number of benzene rings is 3. The third-order valence-corrected chi connectivity index (χ3v) is 7.92. The van der Waals surface area contributed by atoms with Crippen molar-refractivity contribution in [1.29, 1.82) is 0 Å². The van der Waals surface area contributed by atoms with Crippen LogP contribution in [0.15, 0.2) is 77.7 Å². The second-order valence-corrected chi connectivity index (χ2v) is 10.8. The van der Waals surface area contributed by atoms with E-state index in [-0.39, 0.29) is 16.9 Å². The number of aryl methyl sites for hydroxylation is 1. The van der Waals surface area contributed by atoms with Gasteiger partial charge in [-0.3, -0.25) is 14.6 Å². The Morgan fingerprint density at radius 3 is 2.63 bits per heavy atom. The van der Waals surface area contributed by atoms with Crippen molar-refractivity contribution in [1.82, 2.24) is 14.9 Å². The Hall–Kier alpha value is -4.36. The topological polar surface area (TPSA) is 85.2 Å². The molecule has 5 aromatic rings. The van der Waals surface area contributed by atoms with E-state index >= 15 is 0 Å². The summed E-state index contributed by atoms with van der Waals surface area (Å²) in [6, 6.07) is 20.9. The van der Waals surface area contributed by atoms with Gasteiger partial charge in [-0.25, -0.2) is 0 Å². The molecule has 1 amide bonds. The average Bonchev–Trinajstić information content (AvgIpc) is 3.00. The first-order valence-corrected chi connectivity index (χ1v) is 14.3. The van der Waals surface area contributed by atoms with Crippen molar-refractivity contribution in [3.63, 3.8) is 0 Å². The second-order valence-electron chi connectivity index (χ2n) is 10.3. The molecule has 3 aromatic carbocycles. The normalized spacial score (nSPS) is 12.7. The number of nitrogens with one attached hydrogen (secondary N) is 2. The molecule has 0 saturated heterocycles. The number of amides is 1. The van der Waals surface area contributed by atoms with E-state index in [2.05, 4.69) is 10.6 Å². The van der Waals surface area contributed by atoms with Crippen LogP contribution in [0.25, 0.3) is 21.8 Å². The summed E-state index contributed by atoms with van der Waals surface area (Å²) < 4.78 is 7.22. The largest absolute Gasteiger partial charge is 0.497 e. The van der Waals surface area contributed by atoms with Crippen molar-refractivity contribution in [2.45, 2.75) is 32.2 Å². The number of aromatic nitrogens is 2. The summed E-state index contributed by atoms with van der Waals surface area (Å²) in [5, 5.41) is 8.70. The maximum absolute atomic E-state index is 13.3. The number of hydrogen-bond acceptors (Lipinski definition) is 5. The molecule has 1 aliphatic rings. The molecule has 0 atom stereocenters. The molecule has 208 valence electrons. The molecule has 0 spiro atoms. The van der Waals surface area contributed by atoms with E-state index in [1.54, 1.807) is 19.4 Å². The molecule has 2 N–H and O–H groups in total. The lowest BCUT2D eigenvalue weighted by molar-refractivity contribution is 0.0953. The summed E-state index contributed by atoms with van der Waals surface area (Å²) in [5.41, 5.74) is 5.95. The van der Waals surface area contributed by atoms with Crippen LogP contribution in [0.5, 0.6) is 5.75 Å². The smallest absolute Gasteiger partial charge is 0.256 e. The molecular weight excluding hydrogens is 536 g/mol. The van der Waals surface area contributed by atoms with Gasteiger partial charge in [0.2, 0.25) is 5.43 Å². The molecule has 0 fully saturated rings. The zero-order valence-electron chi connectivity index (χ0n) is 22.9. The number of ether oxygens (including phenoxy) is 1. The lowest BCUT2D eigenvalue weighted by Crippen LogP contribution is -2.33. The molecule has 1 aliphatic carbocycles. The van der Waals surface area contributed by atoms with Gasteiger partial charge in [-0.2, -0.15) is 0 Å². The Morgan fingerprint density at radius 1 is 1.00 bits per heavy atom. The monoisotopic (exact) mass is 566 g/mol. The number of para-hydroxylation sites is 1. The lowest BCUT2D eigenvalue weighted by atomic mass is 9.92. The van der Waals surface area contributed by atoms with Gasteiger partial charge in [0.25, 0.3) is 5.91 Å². The van der Waals surface area contributed by atoms with Gasteiger partial charge in [-0.1, -0.05) is 35.9 Å². The lowest BCUT2D eigenvalue weighted by Gasteiger charge is -2.22. The number of nitrogens with zero attached hydrogens (tertiary/aromatic N) is 2. The molecule has 0 radical (unpaired) electrons. The molecule has 0 bridgehead atoms. The van der Waals surface area contributed by atoms with Crippen molar-refractivity contribution in [3.05, 3.63) is 111 Å². The zero-order chi connectivity index (χ0) is 28.3. The Balaban J connectivity index is 1.21. The van der Waals surface area contributed by atoms with E-state index in [0.29, 0.717) is 30.0 Å². The minimum Gasteiger partial charge on any atom is -0.497 e. The van der Waals surface area contributed by atoms with Gasteiger partial charge in [-0.05, 0) is 79.3 Å². The third kappa shape index (κ3) is 5.50. The highest BCUT2D eigenvalue weighted by Gasteiger charge is 2.19. The third-order valence-electron chi connectivity index (χ3n) is 7.68. The first-order valence-electron chi connectivity index (χ1n) is 13.9. The molecular formula is C33H31ClN4O3. The van der Waals surface area contributed by atoms with E-state index in [0.717, 1.165) is 64.8 Å². The quantitative estimate of drug-likeness (QED) is 0.226. The minimum absolute atomic E-state index is 0.124. The molecule has 8 heteroatoms. The molecule has 7 nitrogen and oxygen atoms in total. The number of fused-ring (bicyclic) bond motifs is 3. The van der Waals surface area contributed by atoms with E-state index in [4.69, 9.17) is 21.3 Å². The average molecular weight is 567 g/mol. The van der Waals surface area contributed by atoms with Crippen molar-refractivity contribution in [2.24, 2.45) is 0 Å². The fourth-order valence-electron chi connectivity index (χ4n) is 5.62. The number of rotatable bonds is 8. The van der Waals surface area contributed by atoms with Crippen LogP contribution >= 0.6 is 11.6 Å². The number of methoxy groups -OCH3 is 1. The fraction of sp³-hybridized carbons (Fsp3) is 0.242. The molecule has 41 heavy (non-hydrogen) atoms. The summed E-state index contributed by atoms with van der Waals surface area (Å²) >= 11 is 6.25. The van der Waals surface area contributed by atoms with Crippen molar-refractivity contribution < 1.29 is 9.53 Å². The predicted octanol–water partition coefficient (Wildman–Crippen LogP) is 5.98. The molecule has 0 unspecified atom stereocenters. The van der Waals surface area contributed by atoms with Gasteiger partial charge in [0.1, 0.15) is 11.3 Å². The van der Waals surface area contributed by atoms with Crippen molar-refractivity contribution >= 4 is 45.0 Å². The van der Waals surface area contributed by atoms with Crippen LogP contribution in [0.3, 0.4) is 0 Å². The van der Waals surface area contributed by atoms with E-state index in [1.165, 1.54) is 5.56 Å². The van der Waals surface area contributed by atoms with Gasteiger partial charge in [0, 0.05) is 53.0 Å². The predicted molar refractivity (Wildman–Crippen MR) is 165 cm³/mol. The number of halogens is 1. The van der Waals surface area contributed by atoms with Gasteiger partial charge in [0.05, 0.1) is 18.1 Å². The first-order chi connectivity index (χ1) is 20.0. The van der Waals surface area contributed by atoms with Crippen LogP contribution in [-0.4, -0.2) is 35.7 Å². The van der Waals surface area contributed by atoms with Crippen LogP contribution in [0.2, 0.25) is 5.02 Å². The Bertz CT molecular complexity index is 1810. The Kier molecular flexibility index (Phi) is 7.61. The SMILES string of the molecule is COc1ccc(Cn2cc(C(=O)NCCNc3c4c(nc5cc(Cl)ccc35)CCCC4)c(=O)c3ccccc32)cc1. The van der Waals surface area contributed by atoms with Crippen LogP contribution in [0.1, 0.15) is 40.0 Å². The highest BCUT2D eigenvalue weighted by Crippen LogP contribution is 2.34. The van der Waals surface area contributed by atoms with E-state index in [9.17, 15) is 9.59 Å².